The van der Waals surface area contributed by atoms with E-state index in [-0.39, 0.29) is 23.8 Å². The summed E-state index contributed by atoms with van der Waals surface area (Å²) in [5, 5.41) is 19.9. The summed E-state index contributed by atoms with van der Waals surface area (Å²) in [5.74, 6) is 0.800. The van der Waals surface area contributed by atoms with E-state index in [0.717, 1.165) is 42.6 Å². The first kappa shape index (κ1) is 31.6. The third-order valence-corrected chi connectivity index (χ3v) is 7.26. The lowest BCUT2D eigenvalue weighted by Crippen LogP contribution is -2.57. The molecule has 1 saturated carbocycles. The van der Waals surface area contributed by atoms with Gasteiger partial charge in [0.2, 0.25) is 11.8 Å². The summed E-state index contributed by atoms with van der Waals surface area (Å²) in [6.07, 6.45) is 4.63. The molecular formula is C33H49N3O4. The monoisotopic (exact) mass is 551 g/mol. The van der Waals surface area contributed by atoms with Gasteiger partial charge in [0.25, 0.3) is 0 Å². The lowest BCUT2D eigenvalue weighted by molar-refractivity contribution is -0.131. The van der Waals surface area contributed by atoms with Crippen LogP contribution < -0.4 is 20.7 Å². The normalized spacial score (nSPS) is 19.1. The van der Waals surface area contributed by atoms with Crippen molar-refractivity contribution in [1.82, 2.24) is 16.0 Å². The van der Waals surface area contributed by atoms with Crippen molar-refractivity contribution in [3.05, 3.63) is 65.7 Å². The Morgan fingerprint density at radius 2 is 1.60 bits per heavy atom. The summed E-state index contributed by atoms with van der Waals surface area (Å²) in [6.45, 7) is 11.0. The predicted octanol–water partition coefficient (Wildman–Crippen LogP) is 4.76. The van der Waals surface area contributed by atoms with Gasteiger partial charge in [-0.1, -0.05) is 69.2 Å². The molecule has 0 aliphatic heterocycles. The number of aliphatic hydroxyl groups excluding tert-OH is 1. The van der Waals surface area contributed by atoms with Gasteiger partial charge in [-0.05, 0) is 75.1 Å². The molecule has 0 spiro atoms. The maximum absolute atomic E-state index is 13.5. The first-order valence-corrected chi connectivity index (χ1v) is 14.8. The molecule has 2 aromatic carbocycles. The highest BCUT2D eigenvalue weighted by Crippen LogP contribution is 2.24. The van der Waals surface area contributed by atoms with E-state index in [1.807, 2.05) is 75.4 Å². The number of hydrogen-bond acceptors (Lipinski definition) is 5. The minimum atomic E-state index is -0.723. The Labute approximate surface area is 240 Å². The zero-order chi connectivity index (χ0) is 29.1. The largest absolute Gasteiger partial charge is 0.489 e. The number of carbonyl (C=O) groups excluding carboxylic acids is 2. The summed E-state index contributed by atoms with van der Waals surface area (Å²) < 4.78 is 5.91. The van der Waals surface area contributed by atoms with E-state index in [9.17, 15) is 14.7 Å². The number of amides is 2. The second-order valence-electron chi connectivity index (χ2n) is 12.6. The Balaban J connectivity index is 1.67. The fourth-order valence-corrected chi connectivity index (χ4v) is 5.11. The van der Waals surface area contributed by atoms with E-state index in [2.05, 4.69) is 29.8 Å². The van der Waals surface area contributed by atoms with Crippen molar-refractivity contribution in [3.63, 3.8) is 0 Å². The Morgan fingerprint density at radius 3 is 2.23 bits per heavy atom. The van der Waals surface area contributed by atoms with Crippen molar-refractivity contribution in [2.24, 2.45) is 11.8 Å². The molecule has 4 atom stereocenters. The number of aliphatic hydroxyl groups is 1. The molecule has 220 valence electrons. The fraction of sp³-hybridized carbons (Fsp3) is 0.576. The fourth-order valence-electron chi connectivity index (χ4n) is 5.11. The van der Waals surface area contributed by atoms with Crippen molar-refractivity contribution < 1.29 is 19.4 Å². The van der Waals surface area contributed by atoms with Gasteiger partial charge in [-0.25, -0.2) is 0 Å². The average Bonchev–Trinajstić information content (AvgIpc) is 2.90. The molecule has 0 saturated heterocycles. The van der Waals surface area contributed by atoms with E-state index < -0.39 is 17.6 Å². The molecule has 4 N–H and O–H groups in total. The van der Waals surface area contributed by atoms with Gasteiger partial charge in [-0.3, -0.25) is 9.59 Å². The van der Waals surface area contributed by atoms with Gasteiger partial charge in [-0.15, -0.1) is 0 Å². The van der Waals surface area contributed by atoms with Crippen LogP contribution in [0.3, 0.4) is 0 Å². The second kappa shape index (κ2) is 15.2. The van der Waals surface area contributed by atoms with Gasteiger partial charge in [0.1, 0.15) is 18.4 Å². The standard InChI is InChI=1S/C33H49N3O4/c1-23(2)19-28(34-21-26-13-9-10-14-30(26)37)31(38)35-29(32(39)36-33(3,4)5)20-24-15-17-27(18-16-24)40-22-25-11-7-6-8-12-25/h6-8,11-12,15-18,23,26,28-30,34,37H,9-10,13-14,19-22H2,1-5H3,(H,35,38)(H,36,39). The highest BCUT2D eigenvalue weighted by molar-refractivity contribution is 5.90. The highest BCUT2D eigenvalue weighted by atomic mass is 16.5. The van der Waals surface area contributed by atoms with Crippen LogP contribution in [0.2, 0.25) is 0 Å². The molecule has 2 amide bonds. The van der Waals surface area contributed by atoms with Gasteiger partial charge < -0.3 is 25.8 Å². The lowest BCUT2D eigenvalue weighted by atomic mass is 9.86. The number of benzene rings is 2. The molecule has 40 heavy (non-hydrogen) atoms. The van der Waals surface area contributed by atoms with E-state index >= 15 is 0 Å². The first-order chi connectivity index (χ1) is 19.0. The Kier molecular flexibility index (Phi) is 12.0. The smallest absolute Gasteiger partial charge is 0.243 e. The van der Waals surface area contributed by atoms with Crippen molar-refractivity contribution in [2.75, 3.05) is 6.54 Å². The quantitative estimate of drug-likeness (QED) is 0.288. The van der Waals surface area contributed by atoms with E-state index in [1.54, 1.807) is 0 Å². The molecule has 2 aromatic rings. The van der Waals surface area contributed by atoms with Gasteiger partial charge in [0, 0.05) is 18.5 Å². The molecule has 7 heteroatoms. The number of carbonyl (C=O) groups is 2. The number of hydrogen-bond donors (Lipinski definition) is 4. The van der Waals surface area contributed by atoms with Crippen molar-refractivity contribution in [1.29, 1.82) is 0 Å². The predicted molar refractivity (Wildman–Crippen MR) is 160 cm³/mol. The van der Waals surface area contributed by atoms with Gasteiger partial charge in [0.15, 0.2) is 0 Å². The maximum atomic E-state index is 13.5. The summed E-state index contributed by atoms with van der Waals surface area (Å²) in [6, 6.07) is 16.5. The molecule has 1 fully saturated rings. The van der Waals surface area contributed by atoms with Crippen LogP contribution in [0, 0.1) is 11.8 Å². The number of ether oxygens (including phenoxy) is 1. The van der Waals surface area contributed by atoms with Crippen LogP contribution in [0.25, 0.3) is 0 Å². The van der Waals surface area contributed by atoms with E-state index in [0.29, 0.717) is 31.9 Å². The summed E-state index contributed by atoms with van der Waals surface area (Å²) in [4.78, 5) is 26.9. The maximum Gasteiger partial charge on any atom is 0.243 e. The molecule has 3 rings (SSSR count). The second-order valence-corrected chi connectivity index (χ2v) is 12.6. The zero-order valence-electron chi connectivity index (χ0n) is 24.9. The minimum Gasteiger partial charge on any atom is -0.489 e. The first-order valence-electron chi connectivity index (χ1n) is 14.8. The SMILES string of the molecule is CC(C)CC(NCC1CCCCC1O)C(=O)NC(Cc1ccc(OCc2ccccc2)cc1)C(=O)NC(C)(C)C. The average molecular weight is 552 g/mol. The van der Waals surface area contributed by atoms with Crippen LogP contribution in [0.1, 0.15) is 77.8 Å². The Morgan fingerprint density at radius 1 is 0.925 bits per heavy atom. The molecule has 0 radical (unpaired) electrons. The molecule has 0 heterocycles. The molecule has 1 aliphatic rings. The van der Waals surface area contributed by atoms with Crippen molar-refractivity contribution in [3.8, 4) is 5.75 Å². The Hall–Kier alpha value is -2.90. The van der Waals surface area contributed by atoms with Crippen molar-refractivity contribution >= 4 is 11.8 Å². The van der Waals surface area contributed by atoms with Crippen LogP contribution in [-0.2, 0) is 22.6 Å². The summed E-state index contributed by atoms with van der Waals surface area (Å²) in [7, 11) is 0. The van der Waals surface area contributed by atoms with Crippen LogP contribution in [0.5, 0.6) is 5.75 Å². The van der Waals surface area contributed by atoms with Gasteiger partial charge in [0.05, 0.1) is 12.1 Å². The third-order valence-electron chi connectivity index (χ3n) is 7.26. The van der Waals surface area contributed by atoms with E-state index in [1.165, 1.54) is 0 Å². The molecule has 0 bridgehead atoms. The topological polar surface area (TPSA) is 99.7 Å². The zero-order valence-corrected chi connectivity index (χ0v) is 24.9. The Bertz CT molecular complexity index is 1050. The number of rotatable bonds is 13. The number of nitrogens with one attached hydrogen (secondary N) is 3. The molecular weight excluding hydrogens is 502 g/mol. The van der Waals surface area contributed by atoms with Crippen LogP contribution >= 0.6 is 0 Å². The van der Waals surface area contributed by atoms with Crippen LogP contribution in [-0.4, -0.2) is 47.2 Å². The van der Waals surface area contributed by atoms with Crippen LogP contribution in [0.4, 0.5) is 0 Å². The molecule has 0 aromatic heterocycles. The lowest BCUT2D eigenvalue weighted by Gasteiger charge is -2.31. The molecule has 4 unspecified atom stereocenters. The molecule has 7 nitrogen and oxygen atoms in total. The third kappa shape index (κ3) is 10.9. The van der Waals surface area contributed by atoms with Gasteiger partial charge in [-0.2, -0.15) is 0 Å². The van der Waals surface area contributed by atoms with E-state index in [4.69, 9.17) is 4.74 Å². The summed E-state index contributed by atoms with van der Waals surface area (Å²) >= 11 is 0. The summed E-state index contributed by atoms with van der Waals surface area (Å²) in [5.41, 5.74) is 1.60. The van der Waals surface area contributed by atoms with Gasteiger partial charge >= 0.3 is 0 Å². The minimum absolute atomic E-state index is 0.152. The molecule has 1 aliphatic carbocycles. The highest BCUT2D eigenvalue weighted by Gasteiger charge is 2.30. The van der Waals surface area contributed by atoms with Crippen molar-refractivity contribution in [2.45, 2.75) is 103 Å². The van der Waals surface area contributed by atoms with Crippen LogP contribution in [0.15, 0.2) is 54.6 Å².